The van der Waals surface area contributed by atoms with Gasteiger partial charge in [0.25, 0.3) is 0 Å². The van der Waals surface area contributed by atoms with Crippen LogP contribution in [0.15, 0.2) is 0 Å². The van der Waals surface area contributed by atoms with Crippen LogP contribution in [-0.2, 0) is 4.74 Å². The lowest BCUT2D eigenvalue weighted by Gasteiger charge is -2.34. The number of nitrogens with zero attached hydrogens (tertiary/aromatic N) is 1. The van der Waals surface area contributed by atoms with E-state index in [4.69, 9.17) is 4.74 Å². The SMILES string of the molecule is CC(C)NC(C)C1CN(C)CCO1. The standard InChI is InChI=1S/C10H22N2O/c1-8(2)11-9(3)10-7-12(4)5-6-13-10/h8-11H,5-7H2,1-4H3. The summed E-state index contributed by atoms with van der Waals surface area (Å²) in [6, 6.07) is 0.980. The Morgan fingerprint density at radius 2 is 2.08 bits per heavy atom. The topological polar surface area (TPSA) is 24.5 Å². The average molecular weight is 186 g/mol. The summed E-state index contributed by atoms with van der Waals surface area (Å²) in [5, 5.41) is 3.48. The number of ether oxygens (including phenoxy) is 1. The largest absolute Gasteiger partial charge is 0.374 e. The molecule has 1 N–H and O–H groups in total. The molecule has 2 unspecified atom stereocenters. The van der Waals surface area contributed by atoms with E-state index in [2.05, 4.69) is 38.0 Å². The fourth-order valence-corrected chi connectivity index (χ4v) is 1.75. The first-order valence-electron chi connectivity index (χ1n) is 5.16. The van der Waals surface area contributed by atoms with Gasteiger partial charge in [-0.1, -0.05) is 13.8 Å². The van der Waals surface area contributed by atoms with Crippen LogP contribution in [0, 0.1) is 0 Å². The third kappa shape index (κ3) is 3.63. The molecule has 78 valence electrons. The smallest absolute Gasteiger partial charge is 0.0852 e. The van der Waals surface area contributed by atoms with E-state index in [1.165, 1.54) is 0 Å². The third-order valence-corrected chi connectivity index (χ3v) is 2.45. The first-order valence-corrected chi connectivity index (χ1v) is 5.16. The fourth-order valence-electron chi connectivity index (χ4n) is 1.75. The summed E-state index contributed by atoms with van der Waals surface area (Å²) in [7, 11) is 2.15. The molecule has 1 aliphatic rings. The van der Waals surface area contributed by atoms with Gasteiger partial charge in [-0.3, -0.25) is 0 Å². The van der Waals surface area contributed by atoms with Crippen LogP contribution in [0.2, 0.25) is 0 Å². The van der Waals surface area contributed by atoms with Crippen LogP contribution in [0.4, 0.5) is 0 Å². The molecule has 1 saturated heterocycles. The lowest BCUT2D eigenvalue weighted by molar-refractivity contribution is -0.0365. The Hall–Kier alpha value is -0.120. The maximum atomic E-state index is 5.71. The Labute approximate surface area is 81.4 Å². The molecule has 0 aromatic rings. The zero-order valence-corrected chi connectivity index (χ0v) is 9.21. The third-order valence-electron chi connectivity index (χ3n) is 2.45. The molecule has 0 amide bonds. The van der Waals surface area contributed by atoms with Crippen molar-refractivity contribution >= 4 is 0 Å². The van der Waals surface area contributed by atoms with Gasteiger partial charge in [0.15, 0.2) is 0 Å². The van der Waals surface area contributed by atoms with Gasteiger partial charge < -0.3 is 15.0 Å². The van der Waals surface area contributed by atoms with E-state index >= 15 is 0 Å². The van der Waals surface area contributed by atoms with Gasteiger partial charge in [0.1, 0.15) is 0 Å². The van der Waals surface area contributed by atoms with Gasteiger partial charge in [-0.15, -0.1) is 0 Å². The predicted octanol–water partition coefficient (Wildman–Crippen LogP) is 0.703. The van der Waals surface area contributed by atoms with Crippen molar-refractivity contribution in [3.8, 4) is 0 Å². The first-order chi connectivity index (χ1) is 6.09. The number of hydrogen-bond acceptors (Lipinski definition) is 3. The first kappa shape index (κ1) is 11.0. The highest BCUT2D eigenvalue weighted by molar-refractivity contribution is 4.79. The highest BCUT2D eigenvalue weighted by Gasteiger charge is 2.23. The Kier molecular flexibility index (Phi) is 4.16. The quantitative estimate of drug-likeness (QED) is 0.702. The zero-order chi connectivity index (χ0) is 9.84. The van der Waals surface area contributed by atoms with Crippen LogP contribution in [0.1, 0.15) is 20.8 Å². The Morgan fingerprint density at radius 1 is 1.38 bits per heavy atom. The minimum absolute atomic E-state index is 0.348. The summed E-state index contributed by atoms with van der Waals surface area (Å²) in [6.45, 7) is 9.51. The average Bonchev–Trinajstić information content (AvgIpc) is 2.03. The maximum absolute atomic E-state index is 5.71. The van der Waals surface area contributed by atoms with E-state index < -0.39 is 0 Å². The molecule has 2 atom stereocenters. The second-order valence-electron chi connectivity index (χ2n) is 4.28. The molecule has 0 bridgehead atoms. The molecule has 0 spiro atoms. The molecule has 0 aliphatic carbocycles. The number of rotatable bonds is 3. The Balaban J connectivity index is 2.32. The molecule has 0 radical (unpaired) electrons. The minimum Gasteiger partial charge on any atom is -0.374 e. The number of hydrogen-bond donors (Lipinski definition) is 1. The normalized spacial score (nSPS) is 27.9. The second-order valence-corrected chi connectivity index (χ2v) is 4.28. The second kappa shape index (κ2) is 4.94. The minimum atomic E-state index is 0.348. The van der Waals surface area contributed by atoms with Crippen LogP contribution in [0.5, 0.6) is 0 Å². The van der Waals surface area contributed by atoms with E-state index in [0.717, 1.165) is 19.7 Å². The zero-order valence-electron chi connectivity index (χ0n) is 9.21. The van der Waals surface area contributed by atoms with Crippen molar-refractivity contribution in [3.05, 3.63) is 0 Å². The van der Waals surface area contributed by atoms with Gasteiger partial charge in [-0.2, -0.15) is 0 Å². The van der Waals surface area contributed by atoms with Crippen molar-refractivity contribution in [2.24, 2.45) is 0 Å². The molecule has 0 saturated carbocycles. The van der Waals surface area contributed by atoms with Crippen molar-refractivity contribution in [1.29, 1.82) is 0 Å². The van der Waals surface area contributed by atoms with Crippen LogP contribution in [-0.4, -0.2) is 49.8 Å². The van der Waals surface area contributed by atoms with Crippen molar-refractivity contribution in [1.82, 2.24) is 10.2 Å². The Morgan fingerprint density at radius 3 is 2.62 bits per heavy atom. The van der Waals surface area contributed by atoms with Gasteiger partial charge in [0, 0.05) is 25.2 Å². The summed E-state index contributed by atoms with van der Waals surface area (Å²) >= 11 is 0. The molecule has 0 aromatic carbocycles. The van der Waals surface area contributed by atoms with E-state index in [-0.39, 0.29) is 0 Å². The summed E-state index contributed by atoms with van der Waals surface area (Å²) in [6.07, 6.45) is 0.348. The summed E-state index contributed by atoms with van der Waals surface area (Å²) < 4.78 is 5.71. The van der Waals surface area contributed by atoms with Crippen LogP contribution < -0.4 is 5.32 Å². The predicted molar refractivity (Wildman–Crippen MR) is 55.0 cm³/mol. The summed E-state index contributed by atoms with van der Waals surface area (Å²) in [5.41, 5.74) is 0. The molecular formula is C10H22N2O. The molecule has 3 nitrogen and oxygen atoms in total. The van der Waals surface area contributed by atoms with Crippen molar-refractivity contribution in [2.45, 2.75) is 39.0 Å². The monoisotopic (exact) mass is 186 g/mol. The van der Waals surface area contributed by atoms with Gasteiger partial charge in [0.05, 0.1) is 12.7 Å². The van der Waals surface area contributed by atoms with E-state index in [1.54, 1.807) is 0 Å². The number of morpholine rings is 1. The summed E-state index contributed by atoms with van der Waals surface area (Å²) in [4.78, 5) is 2.33. The Bertz CT molecular complexity index is 150. The van der Waals surface area contributed by atoms with Crippen molar-refractivity contribution in [2.75, 3.05) is 26.7 Å². The molecule has 1 heterocycles. The van der Waals surface area contributed by atoms with E-state index in [9.17, 15) is 0 Å². The maximum Gasteiger partial charge on any atom is 0.0852 e. The number of nitrogens with one attached hydrogen (secondary N) is 1. The molecule has 13 heavy (non-hydrogen) atoms. The molecular weight excluding hydrogens is 164 g/mol. The summed E-state index contributed by atoms with van der Waals surface area (Å²) in [5.74, 6) is 0. The molecule has 1 rings (SSSR count). The van der Waals surface area contributed by atoms with Crippen LogP contribution in [0.3, 0.4) is 0 Å². The highest BCUT2D eigenvalue weighted by Crippen LogP contribution is 2.07. The van der Waals surface area contributed by atoms with Crippen molar-refractivity contribution in [3.63, 3.8) is 0 Å². The number of likely N-dealkylation sites (N-methyl/N-ethyl adjacent to an activating group) is 1. The van der Waals surface area contributed by atoms with Gasteiger partial charge in [-0.05, 0) is 14.0 Å². The van der Waals surface area contributed by atoms with E-state index in [1.807, 2.05) is 0 Å². The van der Waals surface area contributed by atoms with Crippen molar-refractivity contribution < 1.29 is 4.74 Å². The highest BCUT2D eigenvalue weighted by atomic mass is 16.5. The van der Waals surface area contributed by atoms with Gasteiger partial charge in [-0.25, -0.2) is 0 Å². The lowest BCUT2D eigenvalue weighted by atomic mass is 10.1. The molecule has 1 fully saturated rings. The fraction of sp³-hybridized carbons (Fsp3) is 1.00. The van der Waals surface area contributed by atoms with Gasteiger partial charge in [0.2, 0.25) is 0 Å². The lowest BCUT2D eigenvalue weighted by Crippen LogP contribution is -2.51. The molecule has 0 aromatic heterocycles. The van der Waals surface area contributed by atoms with E-state index in [0.29, 0.717) is 18.2 Å². The van der Waals surface area contributed by atoms with Gasteiger partial charge >= 0.3 is 0 Å². The molecule has 3 heteroatoms. The molecule has 1 aliphatic heterocycles. The van der Waals surface area contributed by atoms with Crippen LogP contribution in [0.25, 0.3) is 0 Å². The van der Waals surface area contributed by atoms with Crippen LogP contribution >= 0.6 is 0 Å².